The summed E-state index contributed by atoms with van der Waals surface area (Å²) >= 11 is 1.32. The van der Waals surface area contributed by atoms with Crippen molar-refractivity contribution >= 4 is 41.3 Å². The Morgan fingerprint density at radius 2 is 1.56 bits per heavy atom. The molecule has 2 aromatic rings. The number of carboxylic acid groups (broad SMARTS) is 2. The van der Waals surface area contributed by atoms with Crippen LogP contribution in [-0.4, -0.2) is 68.0 Å². The van der Waals surface area contributed by atoms with E-state index >= 15 is 0 Å². The molecule has 39 heavy (non-hydrogen) atoms. The smallest absolute Gasteiger partial charge is 0.477 e. The highest BCUT2D eigenvalue weighted by molar-refractivity contribution is 8.00. The van der Waals surface area contributed by atoms with E-state index in [1.807, 2.05) is 0 Å². The van der Waals surface area contributed by atoms with Gasteiger partial charge in [0.05, 0.1) is 0 Å². The predicted octanol–water partition coefficient (Wildman–Crippen LogP) is 2.33. The second kappa shape index (κ2) is 12.1. The number of nitrogens with zero attached hydrogens (tertiary/aromatic N) is 1. The first kappa shape index (κ1) is 29.4. The number of nitrogens with two attached hydrogens (primary N) is 1. The number of thioether (sulfide) groups is 1. The maximum absolute atomic E-state index is 12.8. The molecule has 0 aromatic heterocycles. The van der Waals surface area contributed by atoms with Crippen molar-refractivity contribution < 1.29 is 47.4 Å². The molecule has 3 atom stereocenters. The quantitative estimate of drug-likeness (QED) is 0.291. The topological polar surface area (TPSA) is 167 Å². The zero-order chi connectivity index (χ0) is 28.9. The minimum absolute atomic E-state index is 0.0922. The number of hydrogen-bond donors (Lipinski definition) is 4. The number of amides is 2. The molecule has 4 rings (SSSR count). The number of β-lactam (4-membered cyclic amide) rings is 1. The number of hydrogen-bond acceptors (Lipinski definition) is 7. The van der Waals surface area contributed by atoms with Crippen LogP contribution in [0.1, 0.15) is 28.4 Å². The molecule has 0 radical (unpaired) electrons. The highest BCUT2D eigenvalue weighted by atomic mass is 32.2. The number of aliphatic carboxylic acids is 2. The van der Waals surface area contributed by atoms with Crippen molar-refractivity contribution in [1.82, 2.24) is 10.2 Å². The number of Topliss-reactive ketones (excluding diaryl/α,β-unsaturated/α-hetero) is 1. The molecule has 0 bridgehead atoms. The van der Waals surface area contributed by atoms with E-state index in [-0.39, 0.29) is 23.7 Å². The van der Waals surface area contributed by atoms with Crippen LogP contribution in [0.2, 0.25) is 0 Å². The Bertz CT molecular complexity index is 1300. The summed E-state index contributed by atoms with van der Waals surface area (Å²) in [6.07, 6.45) is -5.18. The van der Waals surface area contributed by atoms with Crippen molar-refractivity contribution in [3.63, 3.8) is 0 Å². The fourth-order valence-electron chi connectivity index (χ4n) is 3.79. The number of rotatable bonds is 7. The van der Waals surface area contributed by atoms with Crippen LogP contribution in [0, 0.1) is 0 Å². The van der Waals surface area contributed by atoms with Crippen molar-refractivity contribution in [1.29, 1.82) is 0 Å². The molecule has 14 heteroatoms. The van der Waals surface area contributed by atoms with E-state index < -0.39 is 47.4 Å². The average molecular weight is 566 g/mol. The Balaban J connectivity index is 0.000000532. The molecule has 2 heterocycles. The lowest BCUT2D eigenvalue weighted by Crippen LogP contribution is -2.71. The zero-order valence-electron chi connectivity index (χ0n) is 19.9. The van der Waals surface area contributed by atoms with E-state index in [1.165, 1.54) is 11.8 Å². The first-order chi connectivity index (χ1) is 18.3. The molecule has 0 aliphatic carbocycles. The molecule has 206 valence electrons. The molecule has 2 aromatic carbocycles. The summed E-state index contributed by atoms with van der Waals surface area (Å²) in [5, 5.41) is 19.0. The highest BCUT2D eigenvalue weighted by Crippen LogP contribution is 2.41. The number of halogens is 3. The van der Waals surface area contributed by atoms with Crippen LogP contribution in [0.5, 0.6) is 0 Å². The van der Waals surface area contributed by atoms with Crippen LogP contribution < -0.4 is 11.1 Å². The molecule has 2 aliphatic heterocycles. The van der Waals surface area contributed by atoms with E-state index in [2.05, 4.69) is 5.32 Å². The lowest BCUT2D eigenvalue weighted by atomic mass is 9.98. The van der Waals surface area contributed by atoms with Gasteiger partial charge in [-0.1, -0.05) is 60.7 Å². The summed E-state index contributed by atoms with van der Waals surface area (Å²) in [5.41, 5.74) is 7.29. The fraction of sp³-hybridized carbons (Fsp3) is 0.240. The molecule has 2 aliphatic rings. The molecular weight excluding hydrogens is 543 g/mol. The highest BCUT2D eigenvalue weighted by Gasteiger charge is 2.54. The van der Waals surface area contributed by atoms with Crippen LogP contribution in [-0.2, 0) is 19.2 Å². The van der Waals surface area contributed by atoms with Gasteiger partial charge in [-0.25, -0.2) is 9.59 Å². The van der Waals surface area contributed by atoms with Gasteiger partial charge in [0, 0.05) is 17.7 Å². The number of benzene rings is 2. The van der Waals surface area contributed by atoms with Gasteiger partial charge in [-0.15, -0.1) is 11.8 Å². The molecule has 2 amide bonds. The van der Waals surface area contributed by atoms with Crippen molar-refractivity contribution in [2.24, 2.45) is 5.73 Å². The van der Waals surface area contributed by atoms with Gasteiger partial charge in [0.15, 0.2) is 5.78 Å². The van der Waals surface area contributed by atoms with E-state index in [9.17, 15) is 37.5 Å². The Hall–Kier alpha value is -4.17. The lowest BCUT2D eigenvalue weighted by Gasteiger charge is -2.49. The van der Waals surface area contributed by atoms with Crippen molar-refractivity contribution in [2.45, 2.75) is 30.1 Å². The second-order valence-corrected chi connectivity index (χ2v) is 9.42. The van der Waals surface area contributed by atoms with Crippen molar-refractivity contribution in [2.75, 3.05) is 5.75 Å². The average Bonchev–Trinajstić information content (AvgIpc) is 2.91. The lowest BCUT2D eigenvalue weighted by molar-refractivity contribution is -0.192. The largest absolute Gasteiger partial charge is 0.490 e. The molecule has 10 nitrogen and oxygen atoms in total. The maximum Gasteiger partial charge on any atom is 0.490 e. The second-order valence-electron chi connectivity index (χ2n) is 8.31. The third-order valence-corrected chi connectivity index (χ3v) is 7.04. The van der Waals surface area contributed by atoms with Gasteiger partial charge in [0.25, 0.3) is 5.91 Å². The third kappa shape index (κ3) is 6.83. The third-order valence-electron chi connectivity index (χ3n) is 5.70. The number of carbonyl (C=O) groups is 5. The van der Waals surface area contributed by atoms with Gasteiger partial charge in [0.1, 0.15) is 23.2 Å². The summed E-state index contributed by atoms with van der Waals surface area (Å²) in [7, 11) is 0. The van der Waals surface area contributed by atoms with Crippen LogP contribution in [0.15, 0.2) is 71.9 Å². The standard InChI is InChI=1S/C23H21N3O5S.C2HF3O2/c24-17(14-9-5-2-6-10-14)20(28)25-18-21(29)26-19(23(30)31)15(12-32-22(18)26)11-16(27)13-7-3-1-4-8-13;3-2(4,5)1(6)7/h1-10,17-18,22H,11-12,24H2,(H,25,28)(H,30,31);(H,6,7)/t17-,18?,22?;/m1./s1. The number of ketones is 1. The summed E-state index contributed by atoms with van der Waals surface area (Å²) < 4.78 is 31.7. The number of fused-ring (bicyclic) bond motifs is 1. The Morgan fingerprint density at radius 1 is 1.03 bits per heavy atom. The maximum atomic E-state index is 12.8. The van der Waals surface area contributed by atoms with E-state index in [4.69, 9.17) is 15.6 Å². The summed E-state index contributed by atoms with van der Waals surface area (Å²) in [6.45, 7) is 0. The number of carboxylic acids is 2. The molecule has 5 N–H and O–H groups in total. The molecular formula is C25H22F3N3O7S. The molecule has 0 spiro atoms. The molecule has 2 unspecified atom stereocenters. The van der Waals surface area contributed by atoms with Crippen LogP contribution in [0.4, 0.5) is 13.2 Å². The first-order valence-corrected chi connectivity index (χ1v) is 12.3. The first-order valence-electron chi connectivity index (χ1n) is 11.2. The monoisotopic (exact) mass is 565 g/mol. The zero-order valence-corrected chi connectivity index (χ0v) is 20.7. The van der Waals surface area contributed by atoms with Crippen molar-refractivity contribution in [3.05, 3.63) is 83.1 Å². The Kier molecular flexibility index (Phi) is 9.14. The summed E-state index contributed by atoms with van der Waals surface area (Å²) in [5.74, 6) is -5.02. The SMILES string of the molecule is N[C@@H](C(=O)NC1C(=O)N2C(C(=O)O)=C(CC(=O)c3ccccc3)CSC12)c1ccccc1.O=C(O)C(F)(F)F. The van der Waals surface area contributed by atoms with E-state index in [0.717, 1.165) is 4.90 Å². The van der Waals surface area contributed by atoms with Gasteiger partial charge in [-0.2, -0.15) is 13.2 Å². The minimum atomic E-state index is -5.08. The normalized spacial score (nSPS) is 19.1. The minimum Gasteiger partial charge on any atom is -0.477 e. The van der Waals surface area contributed by atoms with Crippen LogP contribution in [0.3, 0.4) is 0 Å². The molecule has 0 saturated carbocycles. The van der Waals surface area contributed by atoms with Crippen LogP contribution >= 0.6 is 11.8 Å². The van der Waals surface area contributed by atoms with Gasteiger partial charge in [-0.3, -0.25) is 19.3 Å². The molecule has 1 saturated heterocycles. The Labute approximate surface area is 223 Å². The van der Waals surface area contributed by atoms with Gasteiger partial charge < -0.3 is 21.3 Å². The predicted molar refractivity (Wildman–Crippen MR) is 132 cm³/mol. The number of nitrogens with one attached hydrogen (secondary N) is 1. The number of alkyl halides is 3. The van der Waals surface area contributed by atoms with E-state index in [0.29, 0.717) is 16.7 Å². The molecule has 1 fully saturated rings. The fourth-order valence-corrected chi connectivity index (χ4v) is 5.14. The Morgan fingerprint density at radius 3 is 2.08 bits per heavy atom. The summed E-state index contributed by atoms with van der Waals surface area (Å²) in [4.78, 5) is 59.9. The van der Waals surface area contributed by atoms with E-state index in [1.54, 1.807) is 60.7 Å². The van der Waals surface area contributed by atoms with Crippen LogP contribution in [0.25, 0.3) is 0 Å². The van der Waals surface area contributed by atoms with Gasteiger partial charge >= 0.3 is 18.1 Å². The van der Waals surface area contributed by atoms with Gasteiger partial charge in [0.2, 0.25) is 5.91 Å². The van der Waals surface area contributed by atoms with Crippen molar-refractivity contribution in [3.8, 4) is 0 Å². The summed E-state index contributed by atoms with van der Waals surface area (Å²) in [6, 6.07) is 15.5. The van der Waals surface area contributed by atoms with Gasteiger partial charge in [-0.05, 0) is 11.1 Å². The number of carbonyl (C=O) groups excluding carboxylic acids is 3.